The lowest BCUT2D eigenvalue weighted by molar-refractivity contribution is -0.0436. The summed E-state index contributed by atoms with van der Waals surface area (Å²) >= 11 is 0. The van der Waals surface area contributed by atoms with Gasteiger partial charge in [-0.05, 0) is 37.1 Å². The molecule has 0 spiro atoms. The van der Waals surface area contributed by atoms with E-state index in [1.54, 1.807) is 0 Å². The maximum atomic E-state index is 12.3. The smallest absolute Gasteiger partial charge is 0.385 e. The number of hydrogen-bond donors (Lipinski definition) is 2. The maximum Gasteiger partial charge on any atom is 0.501 e. The highest BCUT2D eigenvalue weighted by Crippen LogP contribution is 2.30. The van der Waals surface area contributed by atoms with Crippen molar-refractivity contribution in [2.24, 2.45) is 5.73 Å². The molecule has 3 N–H and O–H groups in total. The zero-order valence-corrected chi connectivity index (χ0v) is 11.8. The van der Waals surface area contributed by atoms with Crippen molar-refractivity contribution in [3.8, 4) is 0 Å². The molecule has 8 heteroatoms. The number of rotatable bonds is 6. The fourth-order valence-corrected chi connectivity index (χ4v) is 2.25. The Morgan fingerprint density at radius 2 is 1.80 bits per heavy atom. The molecular formula is C12H17F3N2O2S. The molecule has 0 aliphatic rings. The molecule has 0 bridgehead atoms. The van der Waals surface area contributed by atoms with Gasteiger partial charge >= 0.3 is 5.51 Å². The highest BCUT2D eigenvalue weighted by Gasteiger charge is 2.46. The largest absolute Gasteiger partial charge is 0.501 e. The minimum atomic E-state index is -5.28. The van der Waals surface area contributed by atoms with Gasteiger partial charge in [-0.1, -0.05) is 6.92 Å². The van der Waals surface area contributed by atoms with Crippen molar-refractivity contribution >= 4 is 15.5 Å². The first-order chi connectivity index (χ1) is 9.18. The van der Waals surface area contributed by atoms with Crippen molar-refractivity contribution in [3.63, 3.8) is 0 Å². The molecule has 1 atom stereocenters. The molecule has 1 aromatic carbocycles. The first-order valence-corrected chi connectivity index (χ1v) is 7.57. The second-order valence-corrected chi connectivity index (χ2v) is 6.30. The van der Waals surface area contributed by atoms with Crippen LogP contribution in [0.5, 0.6) is 0 Å². The van der Waals surface area contributed by atoms with Crippen molar-refractivity contribution in [3.05, 3.63) is 24.3 Å². The highest BCUT2D eigenvalue weighted by atomic mass is 32.2. The maximum absolute atomic E-state index is 12.3. The molecule has 0 radical (unpaired) electrons. The van der Waals surface area contributed by atoms with Crippen molar-refractivity contribution in [1.82, 2.24) is 0 Å². The Labute approximate surface area is 116 Å². The van der Waals surface area contributed by atoms with E-state index in [1.165, 1.54) is 12.1 Å². The van der Waals surface area contributed by atoms with E-state index < -0.39 is 20.2 Å². The summed E-state index contributed by atoms with van der Waals surface area (Å²) in [5.74, 6) is 0. The molecule has 1 unspecified atom stereocenters. The number of halogens is 3. The third-order valence-electron chi connectivity index (χ3n) is 2.84. The van der Waals surface area contributed by atoms with Gasteiger partial charge in [0, 0.05) is 18.3 Å². The number of benzene rings is 1. The number of nitrogens with one attached hydrogen (secondary N) is 1. The highest BCUT2D eigenvalue weighted by molar-refractivity contribution is 7.92. The summed E-state index contributed by atoms with van der Waals surface area (Å²) in [6.45, 7) is 2.53. The summed E-state index contributed by atoms with van der Waals surface area (Å²) < 4.78 is 59.3. The van der Waals surface area contributed by atoms with E-state index in [2.05, 4.69) is 5.32 Å². The minimum Gasteiger partial charge on any atom is -0.385 e. The lowest BCUT2D eigenvalue weighted by atomic mass is 10.2. The Hall–Kier alpha value is -1.28. The summed E-state index contributed by atoms with van der Waals surface area (Å²) in [5, 5.41) is 2.97. The van der Waals surface area contributed by atoms with Crippen LogP contribution < -0.4 is 11.1 Å². The lowest BCUT2D eigenvalue weighted by Crippen LogP contribution is -2.23. The first kappa shape index (κ1) is 16.8. The molecule has 20 heavy (non-hydrogen) atoms. The Kier molecular flexibility index (Phi) is 5.41. The molecule has 1 aromatic rings. The van der Waals surface area contributed by atoms with Gasteiger partial charge in [-0.3, -0.25) is 0 Å². The zero-order valence-electron chi connectivity index (χ0n) is 10.9. The van der Waals surface area contributed by atoms with Crippen molar-refractivity contribution in [2.45, 2.75) is 36.2 Å². The molecule has 0 heterocycles. The molecule has 0 saturated heterocycles. The van der Waals surface area contributed by atoms with Gasteiger partial charge in [0.15, 0.2) is 0 Å². The Morgan fingerprint density at radius 3 is 2.25 bits per heavy atom. The first-order valence-electron chi connectivity index (χ1n) is 6.09. The van der Waals surface area contributed by atoms with Crippen LogP contribution in [0.1, 0.15) is 19.8 Å². The van der Waals surface area contributed by atoms with Crippen LogP contribution in [0.4, 0.5) is 18.9 Å². The van der Waals surface area contributed by atoms with Gasteiger partial charge in [0.25, 0.3) is 9.84 Å². The van der Waals surface area contributed by atoms with E-state index in [0.717, 1.165) is 25.0 Å². The number of nitrogens with two attached hydrogens (primary N) is 1. The fourth-order valence-electron chi connectivity index (χ4n) is 1.49. The Bertz CT molecular complexity index is 527. The number of sulfone groups is 1. The van der Waals surface area contributed by atoms with Gasteiger partial charge in [-0.25, -0.2) is 8.42 Å². The monoisotopic (exact) mass is 310 g/mol. The molecule has 0 fully saturated rings. The number of hydrogen-bond acceptors (Lipinski definition) is 4. The van der Waals surface area contributed by atoms with Crippen LogP contribution in [0.2, 0.25) is 0 Å². The van der Waals surface area contributed by atoms with E-state index in [1.807, 2.05) is 6.92 Å². The van der Waals surface area contributed by atoms with Gasteiger partial charge in [0.2, 0.25) is 0 Å². The van der Waals surface area contributed by atoms with Gasteiger partial charge in [0.05, 0.1) is 4.90 Å². The third kappa shape index (κ3) is 4.11. The molecule has 1 rings (SSSR count). The summed E-state index contributed by atoms with van der Waals surface area (Å²) in [6.07, 6.45) is 1.56. The summed E-state index contributed by atoms with van der Waals surface area (Å²) in [7, 11) is -5.28. The Morgan fingerprint density at radius 1 is 1.25 bits per heavy atom. The third-order valence-corrected chi connectivity index (χ3v) is 4.34. The van der Waals surface area contributed by atoms with E-state index in [0.29, 0.717) is 12.2 Å². The summed E-state index contributed by atoms with van der Waals surface area (Å²) in [4.78, 5) is -0.763. The Balaban J connectivity index is 2.71. The predicted molar refractivity (Wildman–Crippen MR) is 71.1 cm³/mol. The van der Waals surface area contributed by atoms with Crippen LogP contribution in [-0.4, -0.2) is 26.5 Å². The van der Waals surface area contributed by atoms with E-state index in [-0.39, 0.29) is 6.04 Å². The molecule has 0 amide bonds. The summed E-state index contributed by atoms with van der Waals surface area (Å²) in [6, 6.07) is 4.54. The normalized spacial score (nSPS) is 14.1. The van der Waals surface area contributed by atoms with E-state index >= 15 is 0 Å². The van der Waals surface area contributed by atoms with Gasteiger partial charge in [-0.2, -0.15) is 13.2 Å². The molecule has 114 valence electrons. The van der Waals surface area contributed by atoms with Crippen LogP contribution >= 0.6 is 0 Å². The number of anilines is 1. The molecule has 0 aliphatic carbocycles. The molecule has 0 saturated carbocycles. The average Bonchev–Trinajstić information content (AvgIpc) is 2.37. The van der Waals surface area contributed by atoms with Crippen molar-refractivity contribution in [1.29, 1.82) is 0 Å². The standard InChI is InChI=1S/C12H17F3N2O2S/c1-2-9(16)7-8-17-10-3-5-11(6-4-10)20(18,19)12(13,14)15/h3-6,9,17H,2,7-8,16H2,1H3. The van der Waals surface area contributed by atoms with Gasteiger partial charge < -0.3 is 11.1 Å². The zero-order chi connectivity index (χ0) is 15.4. The van der Waals surface area contributed by atoms with Gasteiger partial charge in [0.1, 0.15) is 0 Å². The molecular weight excluding hydrogens is 293 g/mol. The molecule has 0 aliphatic heterocycles. The van der Waals surface area contributed by atoms with Crippen LogP contribution in [0.3, 0.4) is 0 Å². The quantitative estimate of drug-likeness (QED) is 0.847. The average molecular weight is 310 g/mol. The number of alkyl halides is 3. The molecule has 4 nitrogen and oxygen atoms in total. The lowest BCUT2D eigenvalue weighted by Gasteiger charge is -2.12. The van der Waals surface area contributed by atoms with E-state index in [4.69, 9.17) is 5.73 Å². The van der Waals surface area contributed by atoms with Crippen LogP contribution in [0.25, 0.3) is 0 Å². The van der Waals surface area contributed by atoms with Crippen molar-refractivity contribution in [2.75, 3.05) is 11.9 Å². The second-order valence-electron chi connectivity index (χ2n) is 4.36. The van der Waals surface area contributed by atoms with Crippen LogP contribution in [0.15, 0.2) is 29.2 Å². The molecule has 0 aromatic heterocycles. The fraction of sp³-hybridized carbons (Fsp3) is 0.500. The second kappa shape index (κ2) is 6.45. The summed E-state index contributed by atoms with van der Waals surface area (Å²) in [5.41, 5.74) is 0.990. The van der Waals surface area contributed by atoms with E-state index in [9.17, 15) is 21.6 Å². The van der Waals surface area contributed by atoms with Gasteiger partial charge in [-0.15, -0.1) is 0 Å². The van der Waals surface area contributed by atoms with Crippen molar-refractivity contribution < 1.29 is 21.6 Å². The topological polar surface area (TPSA) is 72.2 Å². The SMILES string of the molecule is CCC(N)CCNc1ccc(S(=O)(=O)C(F)(F)F)cc1. The minimum absolute atomic E-state index is 0.0624. The van der Waals surface area contributed by atoms with Crippen LogP contribution in [-0.2, 0) is 9.84 Å². The van der Waals surface area contributed by atoms with Crippen LogP contribution in [0, 0.1) is 0 Å². The predicted octanol–water partition coefficient (Wildman–Crippen LogP) is 2.52.